The number of nitrogens with one attached hydrogen (secondary N) is 1. The van der Waals surface area contributed by atoms with E-state index in [0.717, 1.165) is 19.3 Å². The van der Waals surface area contributed by atoms with Crippen LogP contribution in [-0.4, -0.2) is 31.3 Å². The SMILES string of the molecule is CCCCS(=O)(=O)NC(CC(=O)O)C1CC1. The molecule has 0 saturated heterocycles. The summed E-state index contributed by atoms with van der Waals surface area (Å²) < 4.78 is 25.7. The first-order chi connectivity index (χ1) is 7.44. The zero-order valence-corrected chi connectivity index (χ0v) is 10.3. The lowest BCUT2D eigenvalue weighted by molar-refractivity contribution is -0.137. The molecule has 0 aliphatic heterocycles. The van der Waals surface area contributed by atoms with Gasteiger partial charge in [-0.1, -0.05) is 13.3 Å². The Labute approximate surface area is 96.3 Å². The van der Waals surface area contributed by atoms with Crippen LogP contribution >= 0.6 is 0 Å². The summed E-state index contributed by atoms with van der Waals surface area (Å²) in [4.78, 5) is 10.6. The highest BCUT2D eigenvalue weighted by Gasteiger charge is 2.34. The minimum absolute atomic E-state index is 0.0896. The molecular weight excluding hydrogens is 230 g/mol. The van der Waals surface area contributed by atoms with Gasteiger partial charge in [-0.25, -0.2) is 13.1 Å². The van der Waals surface area contributed by atoms with Crippen LogP contribution in [0, 0.1) is 5.92 Å². The molecule has 1 fully saturated rings. The maximum atomic E-state index is 11.6. The summed E-state index contributed by atoms with van der Waals surface area (Å²) in [6, 6.07) is -0.417. The van der Waals surface area contributed by atoms with Gasteiger partial charge in [-0.2, -0.15) is 0 Å². The molecular formula is C10H19NO4S. The minimum Gasteiger partial charge on any atom is -0.481 e. The molecule has 0 bridgehead atoms. The Morgan fingerprint density at radius 1 is 1.50 bits per heavy atom. The Balaban J connectivity index is 2.50. The van der Waals surface area contributed by atoms with Crippen molar-refractivity contribution >= 4 is 16.0 Å². The van der Waals surface area contributed by atoms with Gasteiger partial charge in [-0.3, -0.25) is 4.79 Å². The number of carbonyl (C=O) groups is 1. The van der Waals surface area contributed by atoms with Gasteiger partial charge in [-0.15, -0.1) is 0 Å². The van der Waals surface area contributed by atoms with Gasteiger partial charge in [0, 0.05) is 6.04 Å². The van der Waals surface area contributed by atoms with Crippen LogP contribution in [0.1, 0.15) is 39.0 Å². The predicted molar refractivity (Wildman–Crippen MR) is 60.6 cm³/mol. The molecule has 0 aromatic heterocycles. The molecule has 0 amide bonds. The summed E-state index contributed by atoms with van der Waals surface area (Å²) >= 11 is 0. The third kappa shape index (κ3) is 4.94. The first-order valence-electron chi connectivity index (χ1n) is 5.66. The van der Waals surface area contributed by atoms with Crippen molar-refractivity contribution in [1.29, 1.82) is 0 Å². The van der Waals surface area contributed by atoms with Crippen molar-refractivity contribution in [2.45, 2.75) is 45.1 Å². The molecule has 0 aromatic carbocycles. The number of carboxylic acids is 1. The zero-order valence-electron chi connectivity index (χ0n) is 9.48. The number of sulfonamides is 1. The van der Waals surface area contributed by atoms with Gasteiger partial charge in [-0.05, 0) is 25.2 Å². The molecule has 0 aromatic rings. The van der Waals surface area contributed by atoms with E-state index in [1.807, 2.05) is 6.92 Å². The predicted octanol–water partition coefficient (Wildman–Crippen LogP) is 0.959. The summed E-state index contributed by atoms with van der Waals surface area (Å²) in [7, 11) is -3.31. The summed E-state index contributed by atoms with van der Waals surface area (Å²) in [5.74, 6) is -0.644. The van der Waals surface area contributed by atoms with Crippen molar-refractivity contribution in [2.24, 2.45) is 5.92 Å². The number of hydrogen-bond donors (Lipinski definition) is 2. The van der Waals surface area contributed by atoms with Gasteiger partial charge in [0.2, 0.25) is 10.0 Å². The first-order valence-corrected chi connectivity index (χ1v) is 7.31. The molecule has 0 spiro atoms. The van der Waals surface area contributed by atoms with Crippen LogP contribution in [0.25, 0.3) is 0 Å². The normalized spacial score (nSPS) is 18.3. The topological polar surface area (TPSA) is 83.5 Å². The van der Waals surface area contributed by atoms with Gasteiger partial charge < -0.3 is 5.11 Å². The Kier molecular flexibility index (Phi) is 4.73. The lowest BCUT2D eigenvalue weighted by atomic mass is 10.1. The molecule has 6 heteroatoms. The monoisotopic (exact) mass is 249 g/mol. The molecule has 5 nitrogen and oxygen atoms in total. The van der Waals surface area contributed by atoms with E-state index in [1.54, 1.807) is 0 Å². The molecule has 1 aliphatic rings. The molecule has 1 aliphatic carbocycles. The Bertz CT molecular complexity index is 335. The summed E-state index contributed by atoms with van der Waals surface area (Å²) in [5.41, 5.74) is 0. The van der Waals surface area contributed by atoms with E-state index in [1.165, 1.54) is 0 Å². The first kappa shape index (κ1) is 13.4. The average Bonchev–Trinajstić information content (AvgIpc) is 2.95. The number of hydrogen-bond acceptors (Lipinski definition) is 3. The van der Waals surface area contributed by atoms with E-state index in [0.29, 0.717) is 6.42 Å². The van der Waals surface area contributed by atoms with Crippen LogP contribution in [0.2, 0.25) is 0 Å². The molecule has 94 valence electrons. The second-order valence-electron chi connectivity index (χ2n) is 4.33. The fourth-order valence-corrected chi connectivity index (χ4v) is 3.14. The van der Waals surface area contributed by atoms with E-state index in [2.05, 4.69) is 4.72 Å². The molecule has 1 unspecified atom stereocenters. The van der Waals surface area contributed by atoms with Gasteiger partial charge in [0.15, 0.2) is 0 Å². The number of unbranched alkanes of at least 4 members (excludes halogenated alkanes) is 1. The number of rotatable bonds is 8. The van der Waals surface area contributed by atoms with Crippen LogP contribution in [0.4, 0.5) is 0 Å². The maximum Gasteiger partial charge on any atom is 0.304 e. The highest BCUT2D eigenvalue weighted by Crippen LogP contribution is 2.34. The van der Waals surface area contributed by atoms with Gasteiger partial charge in [0.1, 0.15) is 0 Å². The molecule has 0 radical (unpaired) electrons. The molecule has 2 N–H and O–H groups in total. The van der Waals surface area contributed by atoms with Gasteiger partial charge in [0.25, 0.3) is 0 Å². The lowest BCUT2D eigenvalue weighted by Crippen LogP contribution is -2.39. The Morgan fingerprint density at radius 2 is 2.12 bits per heavy atom. The summed E-state index contributed by atoms with van der Waals surface area (Å²) in [6.07, 6.45) is 3.16. The van der Waals surface area contributed by atoms with Crippen molar-refractivity contribution in [1.82, 2.24) is 4.72 Å². The standard InChI is InChI=1S/C10H19NO4S/c1-2-3-6-16(14,15)11-9(7-10(12)13)8-4-5-8/h8-9,11H,2-7H2,1H3,(H,12,13). The fraction of sp³-hybridized carbons (Fsp3) is 0.900. The van der Waals surface area contributed by atoms with E-state index < -0.39 is 22.0 Å². The second kappa shape index (κ2) is 5.63. The third-order valence-corrected chi connectivity index (χ3v) is 4.17. The zero-order chi connectivity index (χ0) is 12.2. The van der Waals surface area contributed by atoms with Crippen molar-refractivity contribution in [3.8, 4) is 0 Å². The van der Waals surface area contributed by atoms with Crippen LogP contribution in [0.3, 0.4) is 0 Å². The largest absolute Gasteiger partial charge is 0.481 e. The van der Waals surface area contributed by atoms with Crippen molar-refractivity contribution in [3.63, 3.8) is 0 Å². The second-order valence-corrected chi connectivity index (χ2v) is 6.21. The van der Waals surface area contributed by atoms with Crippen molar-refractivity contribution in [2.75, 3.05) is 5.75 Å². The smallest absolute Gasteiger partial charge is 0.304 e. The number of aliphatic carboxylic acids is 1. The Hall–Kier alpha value is -0.620. The third-order valence-electron chi connectivity index (χ3n) is 2.68. The van der Waals surface area contributed by atoms with E-state index in [4.69, 9.17) is 5.11 Å². The molecule has 16 heavy (non-hydrogen) atoms. The van der Waals surface area contributed by atoms with Crippen molar-refractivity contribution in [3.05, 3.63) is 0 Å². The molecule has 1 atom stereocenters. The van der Waals surface area contributed by atoms with E-state index in [9.17, 15) is 13.2 Å². The Morgan fingerprint density at radius 3 is 2.56 bits per heavy atom. The quantitative estimate of drug-likeness (QED) is 0.671. The van der Waals surface area contributed by atoms with E-state index >= 15 is 0 Å². The number of carboxylic acid groups (broad SMARTS) is 1. The minimum atomic E-state index is -3.31. The highest BCUT2D eigenvalue weighted by atomic mass is 32.2. The average molecular weight is 249 g/mol. The summed E-state index contributed by atoms with van der Waals surface area (Å²) in [6.45, 7) is 1.92. The summed E-state index contributed by atoms with van der Waals surface area (Å²) in [5, 5.41) is 8.70. The van der Waals surface area contributed by atoms with Crippen LogP contribution in [0.15, 0.2) is 0 Å². The highest BCUT2D eigenvalue weighted by molar-refractivity contribution is 7.89. The van der Waals surface area contributed by atoms with Crippen LogP contribution < -0.4 is 4.72 Å². The van der Waals surface area contributed by atoms with Gasteiger partial charge >= 0.3 is 5.97 Å². The van der Waals surface area contributed by atoms with Crippen LogP contribution in [0.5, 0.6) is 0 Å². The van der Waals surface area contributed by atoms with Crippen molar-refractivity contribution < 1.29 is 18.3 Å². The lowest BCUT2D eigenvalue weighted by Gasteiger charge is -2.16. The fourth-order valence-electron chi connectivity index (χ4n) is 1.62. The maximum absolute atomic E-state index is 11.6. The molecule has 1 saturated carbocycles. The molecule has 1 rings (SSSR count). The van der Waals surface area contributed by atoms with E-state index in [-0.39, 0.29) is 18.1 Å². The molecule has 0 heterocycles. The van der Waals surface area contributed by atoms with Crippen LogP contribution in [-0.2, 0) is 14.8 Å². The van der Waals surface area contributed by atoms with Gasteiger partial charge in [0.05, 0.1) is 12.2 Å².